The zero-order valence-corrected chi connectivity index (χ0v) is 13.3. The van der Waals surface area contributed by atoms with Gasteiger partial charge in [-0.1, -0.05) is 29.3 Å². The SMILES string of the molecule is Cc1ccc(S(=O)(=O)CC(=O)c2ccc(Cl)cc2)c(C)c1. The van der Waals surface area contributed by atoms with Gasteiger partial charge in [0.2, 0.25) is 0 Å². The van der Waals surface area contributed by atoms with Crippen molar-refractivity contribution in [3.05, 3.63) is 64.2 Å². The van der Waals surface area contributed by atoms with E-state index in [4.69, 9.17) is 11.6 Å². The number of hydrogen-bond donors (Lipinski definition) is 0. The fourth-order valence-electron chi connectivity index (χ4n) is 2.12. The predicted octanol–water partition coefficient (Wildman–Crippen LogP) is 3.61. The average Bonchev–Trinajstić information content (AvgIpc) is 2.38. The fourth-order valence-corrected chi connectivity index (χ4v) is 3.74. The van der Waals surface area contributed by atoms with Crippen molar-refractivity contribution in [2.75, 3.05) is 5.75 Å². The molecule has 0 saturated carbocycles. The molecule has 110 valence electrons. The Balaban J connectivity index is 2.29. The van der Waals surface area contributed by atoms with Crippen LogP contribution in [0.25, 0.3) is 0 Å². The van der Waals surface area contributed by atoms with E-state index in [1.165, 1.54) is 12.1 Å². The molecule has 2 aromatic rings. The van der Waals surface area contributed by atoms with Gasteiger partial charge in [-0.2, -0.15) is 0 Å². The van der Waals surface area contributed by atoms with Crippen LogP contribution < -0.4 is 0 Å². The van der Waals surface area contributed by atoms with Crippen molar-refractivity contribution >= 4 is 27.2 Å². The van der Waals surface area contributed by atoms with E-state index in [1.807, 2.05) is 6.92 Å². The zero-order valence-electron chi connectivity index (χ0n) is 11.8. The van der Waals surface area contributed by atoms with E-state index in [0.717, 1.165) is 5.56 Å². The topological polar surface area (TPSA) is 51.2 Å². The number of carbonyl (C=O) groups is 1. The number of ketones is 1. The number of Topliss-reactive ketones (excluding diaryl/α,β-unsaturated/α-hetero) is 1. The summed E-state index contributed by atoms with van der Waals surface area (Å²) < 4.78 is 24.7. The maximum atomic E-state index is 12.4. The summed E-state index contributed by atoms with van der Waals surface area (Å²) in [7, 11) is -3.65. The van der Waals surface area contributed by atoms with Crippen LogP contribution in [0.1, 0.15) is 21.5 Å². The molecule has 0 fully saturated rings. The van der Waals surface area contributed by atoms with Gasteiger partial charge in [0.15, 0.2) is 15.6 Å². The monoisotopic (exact) mass is 322 g/mol. The van der Waals surface area contributed by atoms with Crippen molar-refractivity contribution in [1.82, 2.24) is 0 Å². The van der Waals surface area contributed by atoms with Crippen molar-refractivity contribution in [1.29, 1.82) is 0 Å². The smallest absolute Gasteiger partial charge is 0.186 e. The molecule has 0 aromatic heterocycles. The highest BCUT2D eigenvalue weighted by molar-refractivity contribution is 7.92. The Bertz CT molecular complexity index is 778. The van der Waals surface area contributed by atoms with Crippen molar-refractivity contribution in [2.45, 2.75) is 18.7 Å². The van der Waals surface area contributed by atoms with Gasteiger partial charge >= 0.3 is 0 Å². The predicted molar refractivity (Wildman–Crippen MR) is 83.8 cm³/mol. The van der Waals surface area contributed by atoms with Gasteiger partial charge < -0.3 is 0 Å². The van der Waals surface area contributed by atoms with E-state index in [-0.39, 0.29) is 4.90 Å². The summed E-state index contributed by atoms with van der Waals surface area (Å²) in [5.74, 6) is -0.981. The Morgan fingerprint density at radius 1 is 1.05 bits per heavy atom. The van der Waals surface area contributed by atoms with E-state index in [0.29, 0.717) is 16.1 Å². The quantitative estimate of drug-likeness (QED) is 0.808. The Morgan fingerprint density at radius 2 is 1.67 bits per heavy atom. The molecule has 0 aliphatic rings. The summed E-state index contributed by atoms with van der Waals surface area (Å²) in [5, 5.41) is 0.504. The summed E-state index contributed by atoms with van der Waals surface area (Å²) in [6, 6.07) is 11.3. The van der Waals surface area contributed by atoms with E-state index < -0.39 is 21.4 Å². The second kappa shape index (κ2) is 6.00. The first kappa shape index (κ1) is 15.7. The molecule has 0 aliphatic carbocycles. The number of sulfone groups is 1. The molecule has 0 unspecified atom stereocenters. The molecule has 0 heterocycles. The van der Waals surface area contributed by atoms with E-state index in [9.17, 15) is 13.2 Å². The van der Waals surface area contributed by atoms with Gasteiger partial charge in [0, 0.05) is 10.6 Å². The van der Waals surface area contributed by atoms with Crippen molar-refractivity contribution in [2.24, 2.45) is 0 Å². The Kier molecular flexibility index (Phi) is 4.49. The van der Waals surface area contributed by atoms with Crippen molar-refractivity contribution < 1.29 is 13.2 Å². The fraction of sp³-hybridized carbons (Fsp3) is 0.188. The number of carbonyl (C=O) groups excluding carboxylic acids is 1. The molecular formula is C16H15ClO3S. The van der Waals surface area contributed by atoms with Crippen molar-refractivity contribution in [3.8, 4) is 0 Å². The summed E-state index contributed by atoms with van der Waals surface area (Å²) in [6.07, 6.45) is 0. The summed E-state index contributed by atoms with van der Waals surface area (Å²) >= 11 is 5.75. The zero-order chi connectivity index (χ0) is 15.6. The number of aryl methyl sites for hydroxylation is 2. The molecule has 0 bridgehead atoms. The van der Waals surface area contributed by atoms with Crippen LogP contribution in [0.5, 0.6) is 0 Å². The molecule has 2 aromatic carbocycles. The first-order chi connectivity index (χ1) is 9.79. The van der Waals surface area contributed by atoms with Crippen LogP contribution in [-0.4, -0.2) is 20.0 Å². The van der Waals surface area contributed by atoms with Crippen molar-refractivity contribution in [3.63, 3.8) is 0 Å². The molecule has 5 heteroatoms. The standard InChI is InChI=1S/C16H15ClO3S/c1-11-3-8-16(12(2)9-11)21(19,20)10-15(18)13-4-6-14(17)7-5-13/h3-9H,10H2,1-2H3. The normalized spacial score (nSPS) is 11.4. The summed E-state index contributed by atoms with van der Waals surface area (Å²) in [5.41, 5.74) is 1.97. The second-order valence-corrected chi connectivity index (χ2v) is 7.35. The van der Waals surface area contributed by atoms with Crippen LogP contribution in [0.2, 0.25) is 5.02 Å². The largest absolute Gasteiger partial charge is 0.293 e. The number of benzene rings is 2. The molecule has 0 saturated heterocycles. The first-order valence-corrected chi connectivity index (χ1v) is 8.41. The maximum absolute atomic E-state index is 12.4. The molecule has 0 atom stereocenters. The van der Waals surface area contributed by atoms with Crippen LogP contribution >= 0.6 is 11.6 Å². The van der Waals surface area contributed by atoms with Gasteiger partial charge in [0.1, 0.15) is 5.75 Å². The van der Waals surface area contributed by atoms with Gasteiger partial charge in [-0.25, -0.2) is 8.42 Å². The highest BCUT2D eigenvalue weighted by atomic mass is 35.5. The lowest BCUT2D eigenvalue weighted by Gasteiger charge is -2.08. The molecular weight excluding hydrogens is 308 g/mol. The van der Waals surface area contributed by atoms with Gasteiger partial charge in [-0.15, -0.1) is 0 Å². The summed E-state index contributed by atoms with van der Waals surface area (Å²) in [4.78, 5) is 12.3. The van der Waals surface area contributed by atoms with E-state index in [2.05, 4.69) is 0 Å². The minimum atomic E-state index is -3.65. The number of halogens is 1. The van der Waals surface area contributed by atoms with Gasteiger partial charge in [-0.05, 0) is 49.7 Å². The summed E-state index contributed by atoms with van der Waals surface area (Å²) in [6.45, 7) is 3.62. The second-order valence-electron chi connectivity index (χ2n) is 4.96. The number of hydrogen-bond acceptors (Lipinski definition) is 3. The van der Waals surface area contributed by atoms with Crippen LogP contribution in [0.4, 0.5) is 0 Å². The highest BCUT2D eigenvalue weighted by Crippen LogP contribution is 2.19. The molecule has 3 nitrogen and oxygen atoms in total. The average molecular weight is 323 g/mol. The highest BCUT2D eigenvalue weighted by Gasteiger charge is 2.22. The minimum absolute atomic E-state index is 0.204. The van der Waals surface area contributed by atoms with Gasteiger partial charge in [0.25, 0.3) is 0 Å². The molecule has 0 aliphatic heterocycles. The lowest BCUT2D eigenvalue weighted by atomic mass is 10.1. The molecule has 0 spiro atoms. The molecule has 0 radical (unpaired) electrons. The molecule has 2 rings (SSSR count). The molecule has 21 heavy (non-hydrogen) atoms. The third-order valence-corrected chi connectivity index (χ3v) is 5.18. The van der Waals surface area contributed by atoms with E-state index in [1.54, 1.807) is 37.3 Å². The Morgan fingerprint density at radius 3 is 2.24 bits per heavy atom. The van der Waals surface area contributed by atoms with E-state index >= 15 is 0 Å². The Labute approximate surface area is 129 Å². The van der Waals surface area contributed by atoms with Gasteiger partial charge in [0.05, 0.1) is 4.90 Å². The lowest BCUT2D eigenvalue weighted by Crippen LogP contribution is -2.17. The van der Waals surface area contributed by atoms with Crippen LogP contribution in [0.15, 0.2) is 47.4 Å². The van der Waals surface area contributed by atoms with Crippen LogP contribution in [0.3, 0.4) is 0 Å². The van der Waals surface area contributed by atoms with Crippen LogP contribution in [0, 0.1) is 13.8 Å². The number of rotatable bonds is 4. The molecule has 0 amide bonds. The van der Waals surface area contributed by atoms with Gasteiger partial charge in [-0.3, -0.25) is 4.79 Å². The minimum Gasteiger partial charge on any atom is -0.293 e. The third kappa shape index (κ3) is 3.71. The van der Waals surface area contributed by atoms with Crippen LogP contribution in [-0.2, 0) is 9.84 Å². The Hall–Kier alpha value is -1.65. The lowest BCUT2D eigenvalue weighted by molar-refractivity contribution is 0.102. The molecule has 0 N–H and O–H groups in total. The first-order valence-electron chi connectivity index (χ1n) is 6.38. The maximum Gasteiger partial charge on any atom is 0.186 e. The third-order valence-electron chi connectivity index (χ3n) is 3.15.